The van der Waals surface area contributed by atoms with Crippen molar-refractivity contribution >= 4 is 0 Å². The molecule has 1 atom stereocenters. The van der Waals surface area contributed by atoms with E-state index in [9.17, 15) is 0 Å². The minimum atomic E-state index is 0.629. The maximum Gasteiger partial charge on any atom is 0.119 e. The van der Waals surface area contributed by atoms with Crippen molar-refractivity contribution < 1.29 is 9.47 Å². The van der Waals surface area contributed by atoms with Crippen molar-refractivity contribution in [1.82, 2.24) is 5.32 Å². The van der Waals surface area contributed by atoms with Gasteiger partial charge in [0, 0.05) is 13.1 Å². The van der Waals surface area contributed by atoms with Gasteiger partial charge in [-0.2, -0.15) is 0 Å². The number of nitrogens with one attached hydrogen (secondary N) is 1. The van der Waals surface area contributed by atoms with E-state index in [1.165, 1.54) is 36.0 Å². The van der Waals surface area contributed by atoms with Crippen molar-refractivity contribution in [3.8, 4) is 5.75 Å². The molecule has 0 spiro atoms. The molecular formula is C18H25NO2. The number of hydrogen-bond donors (Lipinski definition) is 1. The van der Waals surface area contributed by atoms with Gasteiger partial charge in [-0.05, 0) is 60.4 Å². The summed E-state index contributed by atoms with van der Waals surface area (Å²) in [4.78, 5) is 0. The predicted octanol–water partition coefficient (Wildman–Crippen LogP) is 3.05. The molecule has 0 fully saturated rings. The number of rotatable bonds is 5. The molecule has 3 nitrogen and oxygen atoms in total. The third kappa shape index (κ3) is 3.66. The van der Waals surface area contributed by atoms with Crippen LogP contribution in [0.5, 0.6) is 5.75 Å². The van der Waals surface area contributed by atoms with Crippen LogP contribution in [0.25, 0.3) is 0 Å². The van der Waals surface area contributed by atoms with Gasteiger partial charge in [0.25, 0.3) is 0 Å². The van der Waals surface area contributed by atoms with Gasteiger partial charge in [-0.25, -0.2) is 0 Å². The summed E-state index contributed by atoms with van der Waals surface area (Å²) in [6.07, 6.45) is 7.11. The third-order valence-electron chi connectivity index (χ3n) is 4.51. The quantitative estimate of drug-likeness (QED) is 0.844. The molecule has 0 saturated heterocycles. The molecule has 114 valence electrons. The van der Waals surface area contributed by atoms with E-state index in [1.807, 2.05) is 0 Å². The SMILES string of the molecule is COc1ccc2c(c1)CCCC2CNCC1=CCCOC1. The van der Waals surface area contributed by atoms with Crippen molar-refractivity contribution in [3.63, 3.8) is 0 Å². The zero-order chi connectivity index (χ0) is 14.5. The molecule has 0 aromatic heterocycles. The number of benzene rings is 1. The summed E-state index contributed by atoms with van der Waals surface area (Å²) in [5.41, 5.74) is 4.36. The second-order valence-electron chi connectivity index (χ2n) is 5.99. The summed E-state index contributed by atoms with van der Waals surface area (Å²) in [6, 6.07) is 6.55. The van der Waals surface area contributed by atoms with Gasteiger partial charge < -0.3 is 14.8 Å². The van der Waals surface area contributed by atoms with Crippen LogP contribution in [0.1, 0.15) is 36.3 Å². The number of fused-ring (bicyclic) bond motifs is 1. The van der Waals surface area contributed by atoms with Crippen LogP contribution in [0.4, 0.5) is 0 Å². The first-order valence-electron chi connectivity index (χ1n) is 8.00. The summed E-state index contributed by atoms with van der Waals surface area (Å²) in [5, 5.41) is 3.61. The highest BCUT2D eigenvalue weighted by Gasteiger charge is 2.20. The van der Waals surface area contributed by atoms with E-state index in [-0.39, 0.29) is 0 Å². The predicted molar refractivity (Wildman–Crippen MR) is 85.1 cm³/mol. The van der Waals surface area contributed by atoms with Gasteiger partial charge in [0.15, 0.2) is 0 Å². The molecule has 1 aliphatic heterocycles. The van der Waals surface area contributed by atoms with Gasteiger partial charge in [0.1, 0.15) is 5.75 Å². The molecule has 0 saturated carbocycles. The van der Waals surface area contributed by atoms with E-state index in [0.717, 1.165) is 38.5 Å². The lowest BCUT2D eigenvalue weighted by Gasteiger charge is -2.26. The lowest BCUT2D eigenvalue weighted by molar-refractivity contribution is 0.148. The molecule has 1 aromatic rings. The topological polar surface area (TPSA) is 30.5 Å². The van der Waals surface area contributed by atoms with E-state index in [2.05, 4.69) is 29.6 Å². The van der Waals surface area contributed by atoms with Gasteiger partial charge in [-0.1, -0.05) is 12.1 Å². The highest BCUT2D eigenvalue weighted by Crippen LogP contribution is 2.33. The lowest BCUT2D eigenvalue weighted by Crippen LogP contribution is -2.27. The summed E-state index contributed by atoms with van der Waals surface area (Å²) in [6.45, 7) is 3.69. The van der Waals surface area contributed by atoms with Crippen molar-refractivity contribution in [1.29, 1.82) is 0 Å². The highest BCUT2D eigenvalue weighted by atomic mass is 16.5. The zero-order valence-electron chi connectivity index (χ0n) is 12.9. The second-order valence-corrected chi connectivity index (χ2v) is 5.99. The standard InChI is InChI=1S/C18H25NO2/c1-20-17-7-8-18-15(10-17)5-2-6-16(18)12-19-11-14-4-3-9-21-13-14/h4,7-8,10,16,19H,2-3,5-6,9,11-13H2,1H3. The molecule has 1 heterocycles. The first kappa shape index (κ1) is 14.6. The lowest BCUT2D eigenvalue weighted by atomic mass is 9.82. The van der Waals surface area contributed by atoms with Crippen LogP contribution in [0.3, 0.4) is 0 Å². The van der Waals surface area contributed by atoms with Crippen molar-refractivity contribution in [2.75, 3.05) is 33.4 Å². The smallest absolute Gasteiger partial charge is 0.119 e. The minimum absolute atomic E-state index is 0.629. The van der Waals surface area contributed by atoms with Gasteiger partial charge in [0.2, 0.25) is 0 Å². The number of hydrogen-bond acceptors (Lipinski definition) is 3. The molecule has 1 aromatic carbocycles. The van der Waals surface area contributed by atoms with E-state index in [4.69, 9.17) is 9.47 Å². The molecule has 1 aliphatic carbocycles. The Morgan fingerprint density at radius 3 is 3.14 bits per heavy atom. The van der Waals surface area contributed by atoms with Crippen LogP contribution in [0.15, 0.2) is 29.8 Å². The number of ether oxygens (including phenoxy) is 2. The van der Waals surface area contributed by atoms with Crippen LogP contribution >= 0.6 is 0 Å². The summed E-state index contributed by atoms with van der Waals surface area (Å²) < 4.78 is 10.8. The number of methoxy groups -OCH3 is 1. The largest absolute Gasteiger partial charge is 0.497 e. The number of aryl methyl sites for hydroxylation is 1. The zero-order valence-corrected chi connectivity index (χ0v) is 12.9. The van der Waals surface area contributed by atoms with Crippen molar-refractivity contribution in [3.05, 3.63) is 41.0 Å². The Morgan fingerprint density at radius 1 is 1.38 bits per heavy atom. The van der Waals surface area contributed by atoms with Crippen LogP contribution in [0, 0.1) is 0 Å². The summed E-state index contributed by atoms with van der Waals surface area (Å²) in [5.74, 6) is 1.61. The Bertz CT molecular complexity index is 510. The summed E-state index contributed by atoms with van der Waals surface area (Å²) >= 11 is 0. The average Bonchev–Trinajstić information content (AvgIpc) is 2.55. The molecule has 2 aliphatic rings. The maximum absolute atomic E-state index is 5.48. The van der Waals surface area contributed by atoms with Gasteiger partial charge in [-0.3, -0.25) is 0 Å². The van der Waals surface area contributed by atoms with Crippen molar-refractivity contribution in [2.24, 2.45) is 0 Å². The minimum Gasteiger partial charge on any atom is -0.497 e. The average molecular weight is 287 g/mol. The van der Waals surface area contributed by atoms with Crippen LogP contribution in [0.2, 0.25) is 0 Å². The molecule has 3 heteroatoms. The molecule has 0 bridgehead atoms. The van der Waals surface area contributed by atoms with Gasteiger partial charge in [-0.15, -0.1) is 0 Å². The summed E-state index contributed by atoms with van der Waals surface area (Å²) in [7, 11) is 1.74. The first-order chi connectivity index (χ1) is 10.4. The van der Waals surface area contributed by atoms with E-state index < -0.39 is 0 Å². The van der Waals surface area contributed by atoms with Gasteiger partial charge in [0.05, 0.1) is 20.3 Å². The Labute approximate surface area is 127 Å². The molecule has 0 amide bonds. The monoisotopic (exact) mass is 287 g/mol. The van der Waals surface area contributed by atoms with Crippen LogP contribution in [-0.2, 0) is 11.2 Å². The highest BCUT2D eigenvalue weighted by molar-refractivity contribution is 5.39. The van der Waals surface area contributed by atoms with Crippen LogP contribution < -0.4 is 10.1 Å². The van der Waals surface area contributed by atoms with E-state index >= 15 is 0 Å². The Hall–Kier alpha value is -1.32. The van der Waals surface area contributed by atoms with Crippen molar-refractivity contribution in [2.45, 2.75) is 31.6 Å². The molecule has 3 rings (SSSR count). The first-order valence-corrected chi connectivity index (χ1v) is 8.00. The second kappa shape index (κ2) is 7.10. The molecule has 1 unspecified atom stereocenters. The Morgan fingerprint density at radius 2 is 2.33 bits per heavy atom. The Balaban J connectivity index is 1.58. The van der Waals surface area contributed by atoms with E-state index in [1.54, 1.807) is 7.11 Å². The molecular weight excluding hydrogens is 262 g/mol. The fourth-order valence-electron chi connectivity index (χ4n) is 3.37. The van der Waals surface area contributed by atoms with Crippen LogP contribution in [-0.4, -0.2) is 33.4 Å². The van der Waals surface area contributed by atoms with Gasteiger partial charge >= 0.3 is 0 Å². The Kier molecular flexibility index (Phi) is 4.94. The molecule has 0 radical (unpaired) electrons. The maximum atomic E-state index is 5.48. The fraction of sp³-hybridized carbons (Fsp3) is 0.556. The normalized spacial score (nSPS) is 21.6. The molecule has 1 N–H and O–H groups in total. The molecule has 21 heavy (non-hydrogen) atoms. The fourth-order valence-corrected chi connectivity index (χ4v) is 3.37. The third-order valence-corrected chi connectivity index (χ3v) is 4.51. The van der Waals surface area contributed by atoms with E-state index in [0.29, 0.717) is 5.92 Å².